The molecular weight excluding hydrogens is 304 g/mol. The number of aliphatic imine (C=N–C) groups is 1. The van der Waals surface area contributed by atoms with Crippen LogP contribution in [-0.2, 0) is 11.2 Å². The van der Waals surface area contributed by atoms with Gasteiger partial charge in [0.15, 0.2) is 5.17 Å². The van der Waals surface area contributed by atoms with Crippen molar-refractivity contribution in [2.45, 2.75) is 11.7 Å². The number of benzene rings is 2. The van der Waals surface area contributed by atoms with Crippen LogP contribution in [0.5, 0.6) is 0 Å². The van der Waals surface area contributed by atoms with Crippen LogP contribution in [0.2, 0.25) is 5.02 Å². The molecule has 1 aliphatic heterocycles. The van der Waals surface area contributed by atoms with Crippen molar-refractivity contribution < 1.29 is 4.79 Å². The van der Waals surface area contributed by atoms with E-state index in [1.807, 2.05) is 54.6 Å². The predicted molar refractivity (Wildman–Crippen MR) is 88.2 cm³/mol. The largest absolute Gasteiger partial charge is 0.304 e. The van der Waals surface area contributed by atoms with Gasteiger partial charge in [0.2, 0.25) is 5.91 Å². The normalized spacial score (nSPS) is 19.8. The van der Waals surface area contributed by atoms with Crippen LogP contribution in [0, 0.1) is 0 Å². The smallest absolute Gasteiger partial charge is 0.239 e. The van der Waals surface area contributed by atoms with Crippen LogP contribution >= 0.6 is 23.4 Å². The Balaban J connectivity index is 1.72. The van der Waals surface area contributed by atoms with Crippen molar-refractivity contribution in [2.75, 3.05) is 0 Å². The van der Waals surface area contributed by atoms with Gasteiger partial charge in [0, 0.05) is 5.02 Å². The van der Waals surface area contributed by atoms with Gasteiger partial charge in [-0.25, -0.2) is 4.99 Å². The quantitative estimate of drug-likeness (QED) is 0.935. The Labute approximate surface area is 132 Å². The summed E-state index contributed by atoms with van der Waals surface area (Å²) in [5.41, 5.74) is 1.89. The van der Waals surface area contributed by atoms with Gasteiger partial charge in [0.25, 0.3) is 0 Å². The number of nitrogens with zero attached hydrogens (tertiary/aromatic N) is 1. The Hall–Kier alpha value is -1.78. The molecule has 2 aromatic rings. The number of thioether (sulfide) groups is 1. The summed E-state index contributed by atoms with van der Waals surface area (Å²) in [6, 6.07) is 17.2. The van der Waals surface area contributed by atoms with Crippen LogP contribution in [0.1, 0.15) is 5.56 Å². The number of hydrogen-bond donors (Lipinski definition) is 1. The highest BCUT2D eigenvalue weighted by molar-refractivity contribution is 8.15. The summed E-state index contributed by atoms with van der Waals surface area (Å²) < 4.78 is 0. The van der Waals surface area contributed by atoms with E-state index in [-0.39, 0.29) is 11.2 Å². The maximum atomic E-state index is 12.0. The van der Waals surface area contributed by atoms with E-state index in [1.54, 1.807) is 0 Å². The Kier molecular flexibility index (Phi) is 4.27. The highest BCUT2D eigenvalue weighted by Gasteiger charge is 2.30. The van der Waals surface area contributed by atoms with Gasteiger partial charge in [-0.05, 0) is 36.2 Å². The van der Waals surface area contributed by atoms with Crippen molar-refractivity contribution in [3.8, 4) is 0 Å². The van der Waals surface area contributed by atoms with Gasteiger partial charge in [-0.3, -0.25) is 4.79 Å². The van der Waals surface area contributed by atoms with Crippen LogP contribution in [0.3, 0.4) is 0 Å². The minimum Gasteiger partial charge on any atom is -0.304 e. The number of rotatable bonds is 3. The average Bonchev–Trinajstić information content (AvgIpc) is 2.80. The molecule has 3 nitrogen and oxygen atoms in total. The molecule has 1 heterocycles. The SMILES string of the molecule is O=C1NC(=Nc2ccccc2)SC1Cc1cccc(Cl)c1. The van der Waals surface area contributed by atoms with Gasteiger partial charge in [-0.1, -0.05) is 53.7 Å². The fourth-order valence-corrected chi connectivity index (χ4v) is 3.33. The third-order valence-electron chi connectivity index (χ3n) is 3.07. The van der Waals surface area contributed by atoms with Crippen molar-refractivity contribution in [3.05, 3.63) is 65.2 Å². The molecule has 1 unspecified atom stereocenters. The number of amidine groups is 1. The van der Waals surface area contributed by atoms with Gasteiger partial charge < -0.3 is 5.32 Å². The molecule has 106 valence electrons. The number of nitrogens with one attached hydrogen (secondary N) is 1. The molecule has 0 radical (unpaired) electrons. The molecule has 3 rings (SSSR count). The zero-order chi connectivity index (χ0) is 14.7. The van der Waals surface area contributed by atoms with E-state index in [4.69, 9.17) is 11.6 Å². The van der Waals surface area contributed by atoms with E-state index in [2.05, 4.69) is 10.3 Å². The van der Waals surface area contributed by atoms with Gasteiger partial charge in [0.05, 0.1) is 10.9 Å². The molecule has 1 atom stereocenters. The Morgan fingerprint density at radius 3 is 2.71 bits per heavy atom. The first-order chi connectivity index (χ1) is 10.2. The molecule has 1 fully saturated rings. The lowest BCUT2D eigenvalue weighted by Crippen LogP contribution is -2.25. The first-order valence-corrected chi connectivity index (χ1v) is 7.82. The van der Waals surface area contributed by atoms with E-state index in [1.165, 1.54) is 11.8 Å². The highest BCUT2D eigenvalue weighted by atomic mass is 35.5. The molecule has 0 aliphatic carbocycles. The Morgan fingerprint density at radius 1 is 1.14 bits per heavy atom. The van der Waals surface area contributed by atoms with Crippen LogP contribution in [0.25, 0.3) is 0 Å². The van der Waals surface area contributed by atoms with Crippen molar-refractivity contribution in [3.63, 3.8) is 0 Å². The molecule has 1 saturated heterocycles. The Bertz CT molecular complexity index is 688. The first kappa shape index (κ1) is 14.2. The zero-order valence-electron chi connectivity index (χ0n) is 11.1. The van der Waals surface area contributed by atoms with Gasteiger partial charge in [-0.2, -0.15) is 0 Å². The standard InChI is InChI=1S/C16H13ClN2OS/c17-12-6-4-5-11(9-12)10-14-15(20)19-16(21-14)18-13-7-2-1-3-8-13/h1-9,14H,10H2,(H,18,19,20). The topological polar surface area (TPSA) is 41.5 Å². The summed E-state index contributed by atoms with van der Waals surface area (Å²) in [6.07, 6.45) is 0.644. The molecule has 1 N–H and O–H groups in total. The maximum absolute atomic E-state index is 12.0. The monoisotopic (exact) mass is 316 g/mol. The number of carbonyl (C=O) groups excluding carboxylic acids is 1. The maximum Gasteiger partial charge on any atom is 0.239 e. The number of amides is 1. The number of halogens is 1. The van der Waals surface area contributed by atoms with E-state index < -0.39 is 0 Å². The number of carbonyl (C=O) groups is 1. The summed E-state index contributed by atoms with van der Waals surface area (Å²) >= 11 is 7.43. The number of para-hydroxylation sites is 1. The fraction of sp³-hybridized carbons (Fsp3) is 0.125. The van der Waals surface area contributed by atoms with Crippen molar-refractivity contribution in [1.29, 1.82) is 0 Å². The van der Waals surface area contributed by atoms with Crippen LogP contribution in [0.15, 0.2) is 59.6 Å². The minimum absolute atomic E-state index is 0.00495. The second-order valence-corrected chi connectivity index (χ2v) is 6.31. The Morgan fingerprint density at radius 2 is 1.95 bits per heavy atom. The molecule has 5 heteroatoms. The third kappa shape index (κ3) is 3.65. The molecule has 0 spiro atoms. The van der Waals surface area contributed by atoms with Gasteiger partial charge in [0.1, 0.15) is 0 Å². The second kappa shape index (κ2) is 6.33. The molecule has 21 heavy (non-hydrogen) atoms. The molecule has 1 amide bonds. The summed E-state index contributed by atoms with van der Waals surface area (Å²) in [7, 11) is 0. The van der Waals surface area contributed by atoms with E-state index in [9.17, 15) is 4.79 Å². The summed E-state index contributed by atoms with van der Waals surface area (Å²) in [6.45, 7) is 0. The van der Waals surface area contributed by atoms with Crippen molar-refractivity contribution in [2.24, 2.45) is 4.99 Å². The zero-order valence-corrected chi connectivity index (χ0v) is 12.7. The average molecular weight is 317 g/mol. The number of hydrogen-bond acceptors (Lipinski definition) is 3. The summed E-state index contributed by atoms with van der Waals surface area (Å²) in [5, 5.41) is 4.01. The van der Waals surface area contributed by atoms with E-state index in [0.717, 1.165) is 11.3 Å². The first-order valence-electron chi connectivity index (χ1n) is 6.56. The molecule has 1 aliphatic rings. The van der Waals surface area contributed by atoms with Crippen molar-refractivity contribution >= 4 is 40.1 Å². The highest BCUT2D eigenvalue weighted by Crippen LogP contribution is 2.26. The summed E-state index contributed by atoms with van der Waals surface area (Å²) in [5.74, 6) is -0.00495. The van der Waals surface area contributed by atoms with E-state index in [0.29, 0.717) is 16.6 Å². The summed E-state index contributed by atoms with van der Waals surface area (Å²) in [4.78, 5) is 16.5. The molecular formula is C16H13ClN2OS. The van der Waals surface area contributed by atoms with Gasteiger partial charge >= 0.3 is 0 Å². The van der Waals surface area contributed by atoms with E-state index >= 15 is 0 Å². The van der Waals surface area contributed by atoms with Crippen molar-refractivity contribution in [1.82, 2.24) is 5.32 Å². The van der Waals surface area contributed by atoms with Crippen LogP contribution in [0.4, 0.5) is 5.69 Å². The fourth-order valence-electron chi connectivity index (χ4n) is 2.09. The molecule has 0 saturated carbocycles. The lowest BCUT2D eigenvalue weighted by Gasteiger charge is -2.05. The molecule has 0 bridgehead atoms. The molecule has 0 aromatic heterocycles. The third-order valence-corrected chi connectivity index (χ3v) is 4.39. The second-order valence-electron chi connectivity index (χ2n) is 4.68. The lowest BCUT2D eigenvalue weighted by atomic mass is 10.1. The molecule has 2 aromatic carbocycles. The predicted octanol–water partition coefficient (Wildman–Crippen LogP) is 3.80. The van der Waals surface area contributed by atoms with Crippen LogP contribution < -0.4 is 5.32 Å². The minimum atomic E-state index is -0.161. The lowest BCUT2D eigenvalue weighted by molar-refractivity contribution is -0.118. The van der Waals surface area contributed by atoms with Crippen LogP contribution in [-0.4, -0.2) is 16.3 Å². The van der Waals surface area contributed by atoms with Gasteiger partial charge in [-0.15, -0.1) is 0 Å².